The van der Waals surface area contributed by atoms with E-state index in [9.17, 15) is 9.90 Å². The lowest BCUT2D eigenvalue weighted by Gasteiger charge is -2.26. The van der Waals surface area contributed by atoms with Crippen LogP contribution >= 0.6 is 0 Å². The number of aliphatic hydroxyl groups excluding tert-OH is 1. The third kappa shape index (κ3) is 4.87. The Bertz CT molecular complexity index is 640. The zero-order chi connectivity index (χ0) is 19.3. The molecule has 0 unspecified atom stereocenters. The fourth-order valence-corrected chi connectivity index (χ4v) is 4.18. The second-order valence-corrected chi connectivity index (χ2v) is 7.80. The highest BCUT2D eigenvalue weighted by atomic mass is 16.6. The molecular formula is C20H29N3O5. The van der Waals surface area contributed by atoms with Crippen LogP contribution in [0, 0.1) is 0 Å². The van der Waals surface area contributed by atoms with E-state index in [1.54, 1.807) is 12.4 Å². The molecule has 1 amide bonds. The molecule has 28 heavy (non-hydrogen) atoms. The number of aliphatic hydroxyl groups is 1. The van der Waals surface area contributed by atoms with Gasteiger partial charge in [-0.05, 0) is 24.5 Å². The molecule has 8 nitrogen and oxygen atoms in total. The first-order chi connectivity index (χ1) is 13.7. The maximum Gasteiger partial charge on any atom is 0.222 e. The van der Waals surface area contributed by atoms with Crippen molar-refractivity contribution in [2.24, 2.45) is 0 Å². The van der Waals surface area contributed by atoms with E-state index in [4.69, 9.17) is 14.2 Å². The van der Waals surface area contributed by atoms with Gasteiger partial charge < -0.3 is 30.0 Å². The number of ether oxygens (including phenoxy) is 3. The number of carbonyl (C=O) groups excluding carboxylic acids is 1. The molecule has 3 aliphatic rings. The third-order valence-electron chi connectivity index (χ3n) is 5.73. The molecule has 1 aromatic heterocycles. The second-order valence-electron chi connectivity index (χ2n) is 7.80. The Labute approximate surface area is 165 Å². The summed E-state index contributed by atoms with van der Waals surface area (Å²) in [6, 6.07) is 4.18. The van der Waals surface area contributed by atoms with Crippen LogP contribution in [0.4, 0.5) is 0 Å². The van der Waals surface area contributed by atoms with Crippen LogP contribution in [0.15, 0.2) is 24.5 Å². The standard InChI is InChI=1S/C20H29N3O5/c24-18(23-11-13-2-1-5-21-10-13)9-15-8-16-20(27-15)19(25)17(28-16)12-22-14-3-6-26-7-4-14/h1-2,5,10,14-17,19-20,22,25H,3-4,6-9,11-12H2,(H,23,24)/t15-,16+,17+,19+,20-/m0/s1. The minimum absolute atomic E-state index is 0.0685. The number of hydrogen-bond acceptors (Lipinski definition) is 7. The Hall–Kier alpha value is -1.58. The highest BCUT2D eigenvalue weighted by Gasteiger charge is 2.50. The smallest absolute Gasteiger partial charge is 0.222 e. The number of carbonyl (C=O) groups is 1. The van der Waals surface area contributed by atoms with Gasteiger partial charge in [0.1, 0.15) is 12.2 Å². The van der Waals surface area contributed by atoms with Gasteiger partial charge in [0.25, 0.3) is 0 Å². The highest BCUT2D eigenvalue weighted by Crippen LogP contribution is 2.35. The van der Waals surface area contributed by atoms with Crippen LogP contribution < -0.4 is 10.6 Å². The molecule has 0 radical (unpaired) electrons. The summed E-state index contributed by atoms with van der Waals surface area (Å²) in [4.78, 5) is 16.2. The monoisotopic (exact) mass is 391 g/mol. The molecule has 0 aliphatic carbocycles. The van der Waals surface area contributed by atoms with Crippen LogP contribution in [0.5, 0.6) is 0 Å². The number of fused-ring (bicyclic) bond motifs is 1. The zero-order valence-electron chi connectivity index (χ0n) is 16.0. The molecule has 3 saturated heterocycles. The van der Waals surface area contributed by atoms with Crippen LogP contribution in [-0.2, 0) is 25.5 Å². The lowest BCUT2D eigenvalue weighted by atomic mass is 10.1. The minimum Gasteiger partial charge on any atom is -0.388 e. The van der Waals surface area contributed by atoms with Gasteiger partial charge in [-0.15, -0.1) is 0 Å². The molecule has 8 heteroatoms. The molecule has 154 valence electrons. The molecule has 4 rings (SSSR count). The number of rotatable bonds is 7. The van der Waals surface area contributed by atoms with E-state index in [0.717, 1.165) is 31.6 Å². The summed E-state index contributed by atoms with van der Waals surface area (Å²) in [7, 11) is 0. The molecule has 5 atom stereocenters. The van der Waals surface area contributed by atoms with Gasteiger partial charge in [-0.25, -0.2) is 0 Å². The van der Waals surface area contributed by atoms with Gasteiger partial charge in [-0.2, -0.15) is 0 Å². The summed E-state index contributed by atoms with van der Waals surface area (Å²) >= 11 is 0. The lowest BCUT2D eigenvalue weighted by molar-refractivity contribution is -0.124. The van der Waals surface area contributed by atoms with E-state index in [1.807, 2.05) is 12.1 Å². The minimum atomic E-state index is -0.666. The molecule has 3 aliphatic heterocycles. The van der Waals surface area contributed by atoms with E-state index in [-0.39, 0.29) is 36.7 Å². The van der Waals surface area contributed by atoms with E-state index >= 15 is 0 Å². The fourth-order valence-electron chi connectivity index (χ4n) is 4.18. The van der Waals surface area contributed by atoms with Gasteiger partial charge in [0, 0.05) is 51.2 Å². The maximum atomic E-state index is 12.2. The van der Waals surface area contributed by atoms with Crippen LogP contribution in [0.2, 0.25) is 0 Å². The second kappa shape index (κ2) is 9.28. The average molecular weight is 391 g/mol. The first kappa shape index (κ1) is 19.7. The molecule has 0 saturated carbocycles. The summed E-state index contributed by atoms with van der Waals surface area (Å²) in [5.74, 6) is -0.0685. The van der Waals surface area contributed by atoms with Crippen molar-refractivity contribution in [1.82, 2.24) is 15.6 Å². The molecule has 1 aromatic rings. The van der Waals surface area contributed by atoms with Gasteiger partial charge in [0.05, 0.1) is 24.7 Å². The Morgan fingerprint density at radius 3 is 2.89 bits per heavy atom. The summed E-state index contributed by atoms with van der Waals surface area (Å²) in [5, 5.41) is 16.9. The number of nitrogens with zero attached hydrogens (tertiary/aromatic N) is 1. The Balaban J connectivity index is 1.18. The van der Waals surface area contributed by atoms with Crippen LogP contribution in [0.1, 0.15) is 31.2 Å². The van der Waals surface area contributed by atoms with Crippen LogP contribution in [0.25, 0.3) is 0 Å². The highest BCUT2D eigenvalue weighted by molar-refractivity contribution is 5.76. The number of aromatic nitrogens is 1. The number of nitrogens with one attached hydrogen (secondary N) is 2. The number of hydrogen-bond donors (Lipinski definition) is 3. The van der Waals surface area contributed by atoms with Crippen molar-refractivity contribution < 1.29 is 24.1 Å². The van der Waals surface area contributed by atoms with E-state index in [2.05, 4.69) is 15.6 Å². The largest absolute Gasteiger partial charge is 0.388 e. The van der Waals surface area contributed by atoms with Gasteiger partial charge >= 0.3 is 0 Å². The lowest BCUT2D eigenvalue weighted by Crippen LogP contribution is -2.44. The summed E-state index contributed by atoms with van der Waals surface area (Å²) < 4.78 is 17.3. The first-order valence-electron chi connectivity index (χ1n) is 10.1. The van der Waals surface area contributed by atoms with Gasteiger partial charge in [0.2, 0.25) is 5.91 Å². The molecule has 0 bridgehead atoms. The van der Waals surface area contributed by atoms with Crippen molar-refractivity contribution >= 4 is 5.91 Å². The summed E-state index contributed by atoms with van der Waals surface area (Å²) in [6.45, 7) is 2.62. The van der Waals surface area contributed by atoms with Crippen molar-refractivity contribution in [2.45, 2.75) is 68.8 Å². The predicted octanol–water partition coefficient (Wildman–Crippen LogP) is 0.142. The van der Waals surface area contributed by atoms with Crippen LogP contribution in [-0.4, -0.2) is 72.3 Å². The summed E-state index contributed by atoms with van der Waals surface area (Å²) in [6.07, 6.45) is 4.67. The Morgan fingerprint density at radius 1 is 1.29 bits per heavy atom. The topological polar surface area (TPSA) is 102 Å². The number of amides is 1. The first-order valence-corrected chi connectivity index (χ1v) is 10.1. The van der Waals surface area contributed by atoms with E-state index in [1.165, 1.54) is 0 Å². The zero-order valence-corrected chi connectivity index (χ0v) is 16.0. The van der Waals surface area contributed by atoms with Crippen molar-refractivity contribution in [1.29, 1.82) is 0 Å². The van der Waals surface area contributed by atoms with Crippen molar-refractivity contribution in [3.8, 4) is 0 Å². The number of pyridine rings is 1. The molecule has 0 spiro atoms. The van der Waals surface area contributed by atoms with Crippen LogP contribution in [0.3, 0.4) is 0 Å². The van der Waals surface area contributed by atoms with E-state index < -0.39 is 6.10 Å². The molecular weight excluding hydrogens is 362 g/mol. The van der Waals surface area contributed by atoms with E-state index in [0.29, 0.717) is 25.6 Å². The van der Waals surface area contributed by atoms with Gasteiger partial charge in [-0.1, -0.05) is 6.07 Å². The molecule has 3 fully saturated rings. The Kier molecular flexibility index (Phi) is 6.54. The Morgan fingerprint density at radius 2 is 2.14 bits per heavy atom. The quantitative estimate of drug-likeness (QED) is 0.608. The molecule has 4 heterocycles. The average Bonchev–Trinajstić information content (AvgIpc) is 3.24. The third-order valence-corrected chi connectivity index (χ3v) is 5.73. The SMILES string of the molecule is O=C(C[C@@H]1C[C@H]2O[C@H](CNC3CCOCC3)[C@@H](O)[C@H]2O1)NCc1cccnc1. The van der Waals surface area contributed by atoms with Gasteiger partial charge in [-0.3, -0.25) is 9.78 Å². The summed E-state index contributed by atoms with van der Waals surface area (Å²) in [5.41, 5.74) is 0.957. The van der Waals surface area contributed by atoms with Crippen molar-refractivity contribution in [3.05, 3.63) is 30.1 Å². The van der Waals surface area contributed by atoms with Crippen molar-refractivity contribution in [3.63, 3.8) is 0 Å². The van der Waals surface area contributed by atoms with Crippen molar-refractivity contribution in [2.75, 3.05) is 19.8 Å². The predicted molar refractivity (Wildman–Crippen MR) is 100 cm³/mol. The molecule has 0 aromatic carbocycles. The fraction of sp³-hybridized carbons (Fsp3) is 0.700. The molecule has 3 N–H and O–H groups in total. The maximum absolute atomic E-state index is 12.2. The normalized spacial score (nSPS) is 33.0. The van der Waals surface area contributed by atoms with Gasteiger partial charge in [0.15, 0.2) is 0 Å².